The first kappa shape index (κ1) is 16.2. The minimum atomic E-state index is -2.89. The number of aryl methyl sites for hydroxylation is 2. The highest BCUT2D eigenvalue weighted by atomic mass is 19.3. The van der Waals surface area contributed by atoms with Crippen molar-refractivity contribution in [2.75, 3.05) is 6.61 Å². The van der Waals surface area contributed by atoms with E-state index in [1.54, 1.807) is 19.1 Å². The van der Waals surface area contributed by atoms with Crippen LogP contribution in [0.25, 0.3) is 22.4 Å². The Hall–Kier alpha value is -2.63. The molecule has 4 nitrogen and oxygen atoms in total. The van der Waals surface area contributed by atoms with Gasteiger partial charge in [0.2, 0.25) is 0 Å². The van der Waals surface area contributed by atoms with Crippen LogP contribution in [0.2, 0.25) is 0 Å². The molecule has 1 aromatic heterocycles. The van der Waals surface area contributed by atoms with E-state index < -0.39 is 6.61 Å². The van der Waals surface area contributed by atoms with E-state index in [2.05, 4.69) is 9.72 Å². The maximum absolute atomic E-state index is 12.5. The van der Waals surface area contributed by atoms with E-state index in [0.29, 0.717) is 6.61 Å². The second-order valence-corrected chi connectivity index (χ2v) is 5.46. The Morgan fingerprint density at radius 2 is 1.92 bits per heavy atom. The van der Waals surface area contributed by atoms with Crippen LogP contribution in [0.15, 0.2) is 36.4 Å². The molecule has 3 aromatic rings. The van der Waals surface area contributed by atoms with E-state index in [0.717, 1.165) is 28.0 Å². The van der Waals surface area contributed by atoms with E-state index in [9.17, 15) is 8.78 Å². The normalized spacial score (nSPS) is 11.2. The highest BCUT2D eigenvalue weighted by Crippen LogP contribution is 2.34. The summed E-state index contributed by atoms with van der Waals surface area (Å²) >= 11 is 0. The van der Waals surface area contributed by atoms with Gasteiger partial charge < -0.3 is 14.0 Å². The first-order chi connectivity index (χ1) is 11.5. The summed E-state index contributed by atoms with van der Waals surface area (Å²) in [6, 6.07) is 10.9. The van der Waals surface area contributed by atoms with Crippen molar-refractivity contribution in [3.8, 4) is 22.9 Å². The lowest BCUT2D eigenvalue weighted by Gasteiger charge is -2.12. The Labute approximate surface area is 138 Å². The molecule has 0 radical (unpaired) electrons. The lowest BCUT2D eigenvalue weighted by molar-refractivity contribution is -0.0514. The molecular weight excluding hydrogens is 314 g/mol. The summed E-state index contributed by atoms with van der Waals surface area (Å²) in [4.78, 5) is 4.65. The molecule has 0 N–H and O–H groups in total. The van der Waals surface area contributed by atoms with Crippen LogP contribution in [0.5, 0.6) is 11.5 Å². The minimum absolute atomic E-state index is 0.0187. The van der Waals surface area contributed by atoms with Gasteiger partial charge >= 0.3 is 6.61 Å². The number of ether oxygens (including phenoxy) is 2. The monoisotopic (exact) mass is 332 g/mol. The number of halogens is 2. The van der Waals surface area contributed by atoms with Crippen LogP contribution >= 0.6 is 0 Å². The molecule has 0 amide bonds. The third-order valence-corrected chi connectivity index (χ3v) is 3.75. The van der Waals surface area contributed by atoms with Crippen molar-refractivity contribution < 1.29 is 18.3 Å². The summed E-state index contributed by atoms with van der Waals surface area (Å²) in [5, 5.41) is 0. The van der Waals surface area contributed by atoms with Gasteiger partial charge in [0.1, 0.15) is 5.82 Å². The molecule has 0 aliphatic carbocycles. The quantitative estimate of drug-likeness (QED) is 0.688. The van der Waals surface area contributed by atoms with Crippen LogP contribution < -0.4 is 9.47 Å². The summed E-state index contributed by atoms with van der Waals surface area (Å²) in [7, 11) is 1.92. The minimum Gasteiger partial charge on any atom is -0.490 e. The molecule has 24 heavy (non-hydrogen) atoms. The fourth-order valence-electron chi connectivity index (χ4n) is 2.68. The topological polar surface area (TPSA) is 36.3 Å². The smallest absolute Gasteiger partial charge is 0.387 e. The van der Waals surface area contributed by atoms with Crippen molar-refractivity contribution in [2.45, 2.75) is 20.5 Å². The molecule has 0 atom stereocenters. The van der Waals surface area contributed by atoms with Gasteiger partial charge in [-0.2, -0.15) is 8.78 Å². The fraction of sp³-hybridized carbons (Fsp3) is 0.278. The zero-order valence-electron chi connectivity index (χ0n) is 13.7. The summed E-state index contributed by atoms with van der Waals surface area (Å²) in [5.41, 5.74) is 3.79. The molecule has 2 aromatic carbocycles. The van der Waals surface area contributed by atoms with Crippen molar-refractivity contribution in [1.29, 1.82) is 0 Å². The maximum Gasteiger partial charge on any atom is 0.387 e. The molecule has 0 saturated carbocycles. The zero-order valence-corrected chi connectivity index (χ0v) is 13.7. The molecule has 6 heteroatoms. The van der Waals surface area contributed by atoms with Gasteiger partial charge in [0.15, 0.2) is 11.5 Å². The Balaban J connectivity index is 2.09. The van der Waals surface area contributed by atoms with Gasteiger partial charge in [0, 0.05) is 12.6 Å². The highest BCUT2D eigenvalue weighted by molar-refractivity contribution is 5.81. The molecule has 0 fully saturated rings. The van der Waals surface area contributed by atoms with Crippen molar-refractivity contribution >= 4 is 11.0 Å². The molecule has 126 valence electrons. The number of hydrogen-bond acceptors (Lipinski definition) is 3. The van der Waals surface area contributed by atoms with Crippen LogP contribution in [0.3, 0.4) is 0 Å². The van der Waals surface area contributed by atoms with E-state index >= 15 is 0 Å². The SMILES string of the molecule is CCOc1cc(-c2nc3cc(C)ccc3n2C)ccc1OC(F)F. The number of aromatic nitrogens is 2. The van der Waals surface area contributed by atoms with E-state index in [1.165, 1.54) is 6.07 Å². The largest absolute Gasteiger partial charge is 0.490 e. The van der Waals surface area contributed by atoms with E-state index in [4.69, 9.17) is 4.74 Å². The molecule has 0 aliphatic heterocycles. The second kappa shape index (κ2) is 6.47. The predicted octanol–water partition coefficient (Wildman–Crippen LogP) is 4.55. The standard InChI is InChI=1S/C18H18F2N2O2/c1-4-23-16-10-12(6-8-15(16)24-18(19)20)17-21-13-9-11(2)5-7-14(13)22(17)3/h5-10,18H,4H2,1-3H3. The first-order valence-corrected chi connectivity index (χ1v) is 7.64. The second-order valence-electron chi connectivity index (χ2n) is 5.46. The third-order valence-electron chi connectivity index (χ3n) is 3.75. The van der Waals surface area contributed by atoms with Crippen LogP contribution in [0, 0.1) is 6.92 Å². The third kappa shape index (κ3) is 3.04. The van der Waals surface area contributed by atoms with Crippen molar-refractivity contribution in [3.63, 3.8) is 0 Å². The van der Waals surface area contributed by atoms with Crippen LogP contribution in [-0.2, 0) is 7.05 Å². The number of rotatable bonds is 5. The maximum atomic E-state index is 12.5. The van der Waals surface area contributed by atoms with E-state index in [-0.39, 0.29) is 11.5 Å². The number of nitrogens with zero attached hydrogens (tertiary/aromatic N) is 2. The van der Waals surface area contributed by atoms with Gasteiger partial charge in [-0.15, -0.1) is 0 Å². The number of benzene rings is 2. The lowest BCUT2D eigenvalue weighted by Crippen LogP contribution is -2.05. The average Bonchev–Trinajstić information content (AvgIpc) is 2.85. The van der Waals surface area contributed by atoms with Crippen molar-refractivity contribution in [2.24, 2.45) is 7.05 Å². The van der Waals surface area contributed by atoms with Crippen LogP contribution in [0.1, 0.15) is 12.5 Å². The van der Waals surface area contributed by atoms with Gasteiger partial charge in [-0.3, -0.25) is 0 Å². The molecule has 3 rings (SSSR count). The molecular formula is C18H18F2N2O2. The zero-order chi connectivity index (χ0) is 17.3. The lowest BCUT2D eigenvalue weighted by atomic mass is 10.2. The van der Waals surface area contributed by atoms with Gasteiger partial charge in [-0.1, -0.05) is 6.07 Å². The number of fused-ring (bicyclic) bond motifs is 1. The predicted molar refractivity (Wildman–Crippen MR) is 88.7 cm³/mol. The summed E-state index contributed by atoms with van der Waals surface area (Å²) in [6.45, 7) is 1.26. The summed E-state index contributed by atoms with van der Waals surface area (Å²) < 4.78 is 36.9. The Morgan fingerprint density at radius 3 is 2.62 bits per heavy atom. The Morgan fingerprint density at radius 1 is 1.12 bits per heavy atom. The first-order valence-electron chi connectivity index (χ1n) is 7.64. The van der Waals surface area contributed by atoms with Crippen molar-refractivity contribution in [3.05, 3.63) is 42.0 Å². The average molecular weight is 332 g/mol. The Bertz CT molecular complexity index is 875. The van der Waals surface area contributed by atoms with Gasteiger partial charge in [-0.25, -0.2) is 4.98 Å². The molecule has 1 heterocycles. The van der Waals surface area contributed by atoms with Gasteiger partial charge in [-0.05, 0) is 49.7 Å². The number of hydrogen-bond donors (Lipinski definition) is 0. The van der Waals surface area contributed by atoms with Crippen molar-refractivity contribution in [1.82, 2.24) is 9.55 Å². The number of imidazole rings is 1. The van der Waals surface area contributed by atoms with Crippen LogP contribution in [-0.4, -0.2) is 22.8 Å². The van der Waals surface area contributed by atoms with Crippen LogP contribution in [0.4, 0.5) is 8.78 Å². The van der Waals surface area contributed by atoms with Gasteiger partial charge in [0.25, 0.3) is 0 Å². The van der Waals surface area contributed by atoms with Gasteiger partial charge in [0.05, 0.1) is 17.6 Å². The molecule has 0 unspecified atom stereocenters. The summed E-state index contributed by atoms with van der Waals surface area (Å²) in [5.74, 6) is 1.03. The molecule has 0 bridgehead atoms. The fourth-order valence-corrected chi connectivity index (χ4v) is 2.68. The summed E-state index contributed by atoms with van der Waals surface area (Å²) in [6.07, 6.45) is 0. The molecule has 0 saturated heterocycles. The molecule has 0 spiro atoms. The van der Waals surface area contributed by atoms with E-state index in [1.807, 2.05) is 36.7 Å². The number of alkyl halides is 2. The Kier molecular flexibility index (Phi) is 4.38. The highest BCUT2D eigenvalue weighted by Gasteiger charge is 2.15. The molecule has 0 aliphatic rings.